The molecule has 0 saturated carbocycles. The zero-order valence-corrected chi connectivity index (χ0v) is 13.2. The molecule has 1 aliphatic heterocycles. The van der Waals surface area contributed by atoms with Crippen LogP contribution in [0.15, 0.2) is 24.3 Å². The van der Waals surface area contributed by atoms with Crippen molar-refractivity contribution in [3.8, 4) is 0 Å². The van der Waals surface area contributed by atoms with E-state index in [1.54, 1.807) is 6.07 Å². The highest BCUT2D eigenvalue weighted by atomic mass is 19.1. The molecule has 0 aliphatic carbocycles. The van der Waals surface area contributed by atoms with E-state index in [0.717, 1.165) is 31.6 Å². The van der Waals surface area contributed by atoms with Gasteiger partial charge in [0.1, 0.15) is 5.82 Å². The lowest BCUT2D eigenvalue weighted by atomic mass is 9.92. The Morgan fingerprint density at radius 3 is 2.67 bits per heavy atom. The first-order valence-electron chi connectivity index (χ1n) is 7.73. The number of amides is 1. The summed E-state index contributed by atoms with van der Waals surface area (Å²) in [6, 6.07) is 6.42. The topological polar surface area (TPSA) is 32.3 Å². The van der Waals surface area contributed by atoms with Crippen molar-refractivity contribution < 1.29 is 9.18 Å². The third-order valence-electron chi connectivity index (χ3n) is 4.27. The van der Waals surface area contributed by atoms with Crippen molar-refractivity contribution in [1.82, 2.24) is 10.2 Å². The minimum atomic E-state index is -0.568. The summed E-state index contributed by atoms with van der Waals surface area (Å²) >= 11 is 0. The molecular formula is C17H25FN2O. The number of hydrogen-bond acceptors (Lipinski definition) is 2. The van der Waals surface area contributed by atoms with Gasteiger partial charge in [-0.15, -0.1) is 0 Å². The number of hydrogen-bond donors (Lipinski definition) is 1. The first kappa shape index (κ1) is 16.0. The molecule has 0 aromatic heterocycles. The van der Waals surface area contributed by atoms with Crippen molar-refractivity contribution in [2.45, 2.75) is 39.2 Å². The SMILES string of the molecule is CCC(CN1CCC1)C(=O)NC(C)(C)c1cccc(F)c1. The number of nitrogens with zero attached hydrogens (tertiary/aromatic N) is 1. The van der Waals surface area contributed by atoms with E-state index in [1.165, 1.54) is 18.6 Å². The van der Waals surface area contributed by atoms with Gasteiger partial charge in [0.15, 0.2) is 0 Å². The second kappa shape index (κ2) is 6.56. The van der Waals surface area contributed by atoms with Crippen LogP contribution in [0.3, 0.4) is 0 Å². The molecule has 1 N–H and O–H groups in total. The minimum Gasteiger partial charge on any atom is -0.347 e. The molecule has 1 atom stereocenters. The van der Waals surface area contributed by atoms with Crippen LogP contribution < -0.4 is 5.32 Å². The van der Waals surface area contributed by atoms with Crippen LogP contribution in [0.2, 0.25) is 0 Å². The van der Waals surface area contributed by atoms with E-state index in [9.17, 15) is 9.18 Å². The van der Waals surface area contributed by atoms with Crippen molar-refractivity contribution in [3.63, 3.8) is 0 Å². The number of benzene rings is 1. The normalized spacial score (nSPS) is 17.1. The van der Waals surface area contributed by atoms with Crippen LogP contribution in [0.25, 0.3) is 0 Å². The predicted octanol–water partition coefficient (Wildman–Crippen LogP) is 2.91. The molecule has 21 heavy (non-hydrogen) atoms. The van der Waals surface area contributed by atoms with Crippen LogP contribution in [-0.2, 0) is 10.3 Å². The summed E-state index contributed by atoms with van der Waals surface area (Å²) in [7, 11) is 0. The van der Waals surface area contributed by atoms with Crippen LogP contribution >= 0.6 is 0 Å². The Morgan fingerprint density at radius 1 is 1.43 bits per heavy atom. The van der Waals surface area contributed by atoms with Crippen LogP contribution in [0.1, 0.15) is 39.2 Å². The van der Waals surface area contributed by atoms with Gasteiger partial charge in [0, 0.05) is 6.54 Å². The number of rotatable bonds is 6. The highest BCUT2D eigenvalue weighted by Crippen LogP contribution is 2.22. The van der Waals surface area contributed by atoms with Crippen molar-refractivity contribution >= 4 is 5.91 Å². The van der Waals surface area contributed by atoms with Gasteiger partial charge in [-0.3, -0.25) is 4.79 Å². The summed E-state index contributed by atoms with van der Waals surface area (Å²) in [6.07, 6.45) is 2.05. The Bertz CT molecular complexity index is 497. The van der Waals surface area contributed by atoms with Crippen molar-refractivity contribution in [2.24, 2.45) is 5.92 Å². The lowest BCUT2D eigenvalue weighted by molar-refractivity contribution is -0.127. The Kier molecular flexibility index (Phi) is 4.99. The summed E-state index contributed by atoms with van der Waals surface area (Å²) in [6.45, 7) is 8.88. The maximum absolute atomic E-state index is 13.4. The highest BCUT2D eigenvalue weighted by molar-refractivity contribution is 5.79. The van der Waals surface area contributed by atoms with E-state index >= 15 is 0 Å². The van der Waals surface area contributed by atoms with Crippen LogP contribution in [-0.4, -0.2) is 30.4 Å². The van der Waals surface area contributed by atoms with Gasteiger partial charge in [-0.05, 0) is 57.5 Å². The highest BCUT2D eigenvalue weighted by Gasteiger charge is 2.29. The molecule has 2 rings (SSSR count). The van der Waals surface area contributed by atoms with E-state index < -0.39 is 5.54 Å². The fourth-order valence-electron chi connectivity index (χ4n) is 2.63. The van der Waals surface area contributed by atoms with E-state index in [0.29, 0.717) is 0 Å². The quantitative estimate of drug-likeness (QED) is 0.874. The molecule has 1 unspecified atom stereocenters. The van der Waals surface area contributed by atoms with Crippen LogP contribution in [0, 0.1) is 11.7 Å². The molecule has 1 fully saturated rings. The summed E-state index contributed by atoms with van der Waals surface area (Å²) in [5.41, 5.74) is 0.219. The second-order valence-corrected chi connectivity index (χ2v) is 6.38. The van der Waals surface area contributed by atoms with E-state index in [1.807, 2.05) is 26.8 Å². The van der Waals surface area contributed by atoms with Gasteiger partial charge in [0.25, 0.3) is 0 Å². The van der Waals surface area contributed by atoms with Gasteiger partial charge >= 0.3 is 0 Å². The molecule has 0 bridgehead atoms. The van der Waals surface area contributed by atoms with E-state index in [2.05, 4.69) is 10.2 Å². The Balaban J connectivity index is 2.01. The lowest BCUT2D eigenvalue weighted by Crippen LogP contribution is -2.48. The van der Waals surface area contributed by atoms with E-state index in [4.69, 9.17) is 0 Å². The zero-order valence-electron chi connectivity index (χ0n) is 13.2. The fraction of sp³-hybridized carbons (Fsp3) is 0.588. The number of carbonyl (C=O) groups excluding carboxylic acids is 1. The fourth-order valence-corrected chi connectivity index (χ4v) is 2.63. The van der Waals surface area contributed by atoms with Crippen LogP contribution in [0.4, 0.5) is 4.39 Å². The summed E-state index contributed by atoms with van der Waals surface area (Å²) in [4.78, 5) is 14.8. The molecule has 0 spiro atoms. The second-order valence-electron chi connectivity index (χ2n) is 6.38. The third-order valence-corrected chi connectivity index (χ3v) is 4.27. The number of carbonyl (C=O) groups is 1. The first-order chi connectivity index (χ1) is 9.92. The van der Waals surface area contributed by atoms with Crippen molar-refractivity contribution in [1.29, 1.82) is 0 Å². The summed E-state index contributed by atoms with van der Waals surface area (Å²) < 4.78 is 13.4. The van der Waals surface area contributed by atoms with Crippen LogP contribution in [0.5, 0.6) is 0 Å². The standard InChI is InChI=1S/C17H25FN2O/c1-4-13(12-20-9-6-10-20)16(21)19-17(2,3)14-7-5-8-15(18)11-14/h5,7-8,11,13H,4,6,9-10,12H2,1-3H3,(H,19,21). The smallest absolute Gasteiger partial charge is 0.225 e. The average Bonchev–Trinajstić information content (AvgIpc) is 2.37. The molecule has 4 heteroatoms. The maximum Gasteiger partial charge on any atom is 0.225 e. The molecular weight excluding hydrogens is 267 g/mol. The monoisotopic (exact) mass is 292 g/mol. The van der Waals surface area contributed by atoms with Gasteiger partial charge in [-0.25, -0.2) is 4.39 Å². The molecule has 1 heterocycles. The molecule has 1 amide bonds. The number of nitrogens with one attached hydrogen (secondary N) is 1. The van der Waals surface area contributed by atoms with Crippen molar-refractivity contribution in [3.05, 3.63) is 35.6 Å². The molecule has 1 aliphatic rings. The maximum atomic E-state index is 13.4. The van der Waals surface area contributed by atoms with Gasteiger partial charge in [-0.2, -0.15) is 0 Å². The molecule has 1 aromatic rings. The predicted molar refractivity (Wildman–Crippen MR) is 82.4 cm³/mol. The molecule has 0 radical (unpaired) electrons. The van der Waals surface area contributed by atoms with Gasteiger partial charge < -0.3 is 10.2 Å². The number of likely N-dealkylation sites (tertiary alicyclic amines) is 1. The summed E-state index contributed by atoms with van der Waals surface area (Å²) in [5.74, 6) is -0.223. The van der Waals surface area contributed by atoms with Gasteiger partial charge in [-0.1, -0.05) is 19.1 Å². The summed E-state index contributed by atoms with van der Waals surface area (Å²) in [5, 5.41) is 3.07. The third kappa shape index (κ3) is 4.03. The van der Waals surface area contributed by atoms with Crippen molar-refractivity contribution in [2.75, 3.05) is 19.6 Å². The van der Waals surface area contributed by atoms with Gasteiger partial charge in [0.2, 0.25) is 5.91 Å². The molecule has 3 nitrogen and oxygen atoms in total. The Hall–Kier alpha value is -1.42. The molecule has 1 saturated heterocycles. The Morgan fingerprint density at radius 2 is 2.14 bits per heavy atom. The average molecular weight is 292 g/mol. The largest absolute Gasteiger partial charge is 0.347 e. The minimum absolute atomic E-state index is 0.00173. The molecule has 116 valence electrons. The number of halogens is 1. The molecule has 1 aromatic carbocycles. The first-order valence-corrected chi connectivity index (χ1v) is 7.73. The van der Waals surface area contributed by atoms with E-state index in [-0.39, 0.29) is 17.6 Å². The Labute approximate surface area is 126 Å². The van der Waals surface area contributed by atoms with Gasteiger partial charge in [0.05, 0.1) is 11.5 Å². The lowest BCUT2D eigenvalue weighted by Gasteiger charge is -2.35. The zero-order chi connectivity index (χ0) is 15.5.